The van der Waals surface area contributed by atoms with Gasteiger partial charge in [-0.25, -0.2) is 8.78 Å². The molecule has 0 saturated carbocycles. The van der Waals surface area contributed by atoms with E-state index >= 15 is 0 Å². The van der Waals surface area contributed by atoms with Crippen LogP contribution in [0.15, 0.2) is 0 Å². The number of ether oxygens (including phenoxy) is 5. The van der Waals surface area contributed by atoms with Gasteiger partial charge in [-0.15, -0.1) is 0 Å². The van der Waals surface area contributed by atoms with Crippen molar-refractivity contribution < 1.29 is 90.3 Å². The van der Waals surface area contributed by atoms with Gasteiger partial charge in [-0.1, -0.05) is 0 Å². The summed E-state index contributed by atoms with van der Waals surface area (Å²) in [5.74, 6) is -18.6. The number of halogens is 14. The molecule has 6 nitrogen and oxygen atoms in total. The second-order valence-corrected chi connectivity index (χ2v) is 6.04. The van der Waals surface area contributed by atoms with Crippen molar-refractivity contribution in [1.82, 2.24) is 0 Å². The van der Waals surface area contributed by atoms with Crippen LogP contribution in [0.25, 0.3) is 0 Å². The second-order valence-electron chi connectivity index (χ2n) is 6.04. The van der Waals surface area contributed by atoms with Crippen LogP contribution >= 0.6 is 0 Å². The fourth-order valence-electron chi connectivity index (χ4n) is 2.01. The lowest BCUT2D eigenvalue weighted by molar-refractivity contribution is -0.635. The summed E-state index contributed by atoms with van der Waals surface area (Å²) in [6.45, 7) is -0.396. The van der Waals surface area contributed by atoms with Gasteiger partial charge in [0.25, 0.3) is 12.2 Å². The van der Waals surface area contributed by atoms with Gasteiger partial charge in [0.15, 0.2) is 0 Å². The van der Waals surface area contributed by atoms with Gasteiger partial charge in [-0.3, -0.25) is 23.7 Å². The Morgan fingerprint density at radius 1 is 0.613 bits per heavy atom. The summed E-state index contributed by atoms with van der Waals surface area (Å²) in [6.07, 6.45) is -41.0. The average molecular weight is 500 g/mol. The fourth-order valence-corrected chi connectivity index (χ4v) is 2.01. The van der Waals surface area contributed by atoms with E-state index in [0.29, 0.717) is 0 Å². The molecule has 0 unspecified atom stereocenters. The van der Waals surface area contributed by atoms with Crippen molar-refractivity contribution in [2.75, 3.05) is 0 Å². The Hall–Kier alpha value is -1.22. The van der Waals surface area contributed by atoms with E-state index in [1.165, 1.54) is 0 Å². The summed E-state index contributed by atoms with van der Waals surface area (Å²) in [4.78, 5) is 0. The van der Waals surface area contributed by atoms with Crippen LogP contribution in [0.3, 0.4) is 0 Å². The van der Waals surface area contributed by atoms with Crippen molar-refractivity contribution >= 4 is 0 Å². The molecule has 2 fully saturated rings. The molecule has 184 valence electrons. The van der Waals surface area contributed by atoms with E-state index in [2.05, 4.69) is 23.7 Å². The van der Waals surface area contributed by atoms with Crippen molar-refractivity contribution in [3.05, 3.63) is 0 Å². The van der Waals surface area contributed by atoms with Crippen LogP contribution in [0.2, 0.25) is 0 Å². The topological polar surface area (TPSA) is 66.4 Å². The molecule has 0 amide bonds. The van der Waals surface area contributed by atoms with Gasteiger partial charge in [0.2, 0.25) is 6.29 Å². The van der Waals surface area contributed by atoms with E-state index in [-0.39, 0.29) is 0 Å². The van der Waals surface area contributed by atoms with Crippen LogP contribution in [0.5, 0.6) is 0 Å². The molecule has 0 atom stereocenters. The van der Waals surface area contributed by atoms with E-state index in [1.54, 1.807) is 0 Å². The lowest BCUT2D eigenvalue weighted by Crippen LogP contribution is -2.76. The maximum atomic E-state index is 14.3. The van der Waals surface area contributed by atoms with Gasteiger partial charge in [0.05, 0.1) is 0 Å². The number of rotatable bonds is 4. The predicted molar refractivity (Wildman–Crippen MR) is 58.3 cm³/mol. The summed E-state index contributed by atoms with van der Waals surface area (Å²) in [5, 5.41) is 8.08. The fraction of sp³-hybridized carbons (Fsp3) is 1.00. The van der Waals surface area contributed by atoms with Crippen LogP contribution in [0.4, 0.5) is 61.5 Å². The average Bonchev–Trinajstić information content (AvgIpc) is 2.47. The summed E-state index contributed by atoms with van der Waals surface area (Å²) in [5.41, 5.74) is 0. The highest BCUT2D eigenvalue weighted by atomic mass is 19.3. The molecule has 0 spiro atoms. The monoisotopic (exact) mass is 500 g/mol. The Bertz CT molecular complexity index is 608. The molecular formula is C11H6F14O6. The molecule has 2 aliphatic heterocycles. The molecule has 2 aliphatic rings. The third-order valence-corrected chi connectivity index (χ3v) is 3.50. The van der Waals surface area contributed by atoms with E-state index in [4.69, 9.17) is 5.11 Å². The number of alkyl halides is 14. The summed E-state index contributed by atoms with van der Waals surface area (Å²) in [7, 11) is 0. The molecule has 0 aliphatic carbocycles. The standard InChI is InChI=1S/C11H6F14O6/c1-4(12,13)2-27-8(18,19)6(16,9(20,21)28-2)31-7(17)10(22,23)29-3(5(14,15)26)30-11(7,24)25/h2-3,26H,1H3. The van der Waals surface area contributed by atoms with Crippen LogP contribution in [0.1, 0.15) is 6.92 Å². The van der Waals surface area contributed by atoms with Crippen LogP contribution in [0, 0.1) is 0 Å². The first-order valence-electron chi connectivity index (χ1n) is 7.11. The molecule has 1 N–H and O–H groups in total. The Kier molecular flexibility index (Phi) is 5.59. The van der Waals surface area contributed by atoms with Crippen LogP contribution in [-0.2, 0) is 23.7 Å². The lowest BCUT2D eigenvalue weighted by atomic mass is 10.1. The zero-order chi connectivity index (χ0) is 24.7. The van der Waals surface area contributed by atoms with Gasteiger partial charge < -0.3 is 5.11 Å². The van der Waals surface area contributed by atoms with Crippen molar-refractivity contribution in [2.24, 2.45) is 0 Å². The minimum atomic E-state index is -6.92. The SMILES string of the molecule is CC(F)(F)C1OC(F)(F)C(F)(OC2(F)C(F)(F)OC(C(O)(F)F)OC2(F)F)C(F)(F)O1. The van der Waals surface area contributed by atoms with Crippen molar-refractivity contribution in [1.29, 1.82) is 0 Å². The molecule has 2 saturated heterocycles. The highest BCUT2D eigenvalue weighted by Crippen LogP contribution is 2.60. The molecule has 0 aromatic heterocycles. The largest absolute Gasteiger partial charge is 0.426 e. The van der Waals surface area contributed by atoms with Gasteiger partial charge in [-0.05, 0) is 0 Å². The van der Waals surface area contributed by atoms with Crippen molar-refractivity contribution in [2.45, 2.75) is 67.7 Å². The number of hydrogen-bond donors (Lipinski definition) is 1. The molecule has 0 radical (unpaired) electrons. The third-order valence-electron chi connectivity index (χ3n) is 3.50. The molecule has 2 heterocycles. The molecule has 20 heteroatoms. The Labute approximate surface area is 159 Å². The molecule has 2 rings (SSSR count). The van der Waals surface area contributed by atoms with E-state index < -0.39 is 67.7 Å². The Morgan fingerprint density at radius 3 is 1.10 bits per heavy atom. The molecular weight excluding hydrogens is 494 g/mol. The van der Waals surface area contributed by atoms with Gasteiger partial charge in [0.1, 0.15) is 0 Å². The molecule has 0 bridgehead atoms. The first-order chi connectivity index (χ1) is 13.3. The first kappa shape index (κ1) is 26.0. The minimum Gasteiger partial charge on any atom is -0.332 e. The van der Waals surface area contributed by atoms with Crippen molar-refractivity contribution in [3.63, 3.8) is 0 Å². The summed E-state index contributed by atoms with van der Waals surface area (Å²) in [6, 6.07) is 0. The maximum absolute atomic E-state index is 14.3. The normalized spacial score (nSPS) is 39.9. The quantitative estimate of drug-likeness (QED) is 0.595. The summed E-state index contributed by atoms with van der Waals surface area (Å²) < 4.78 is 202. The first-order valence-corrected chi connectivity index (χ1v) is 7.11. The highest BCUT2D eigenvalue weighted by Gasteiger charge is 2.89. The van der Waals surface area contributed by atoms with E-state index in [0.717, 1.165) is 0 Å². The number of aliphatic hydroxyl groups is 1. The van der Waals surface area contributed by atoms with Gasteiger partial charge in [0, 0.05) is 6.92 Å². The lowest BCUT2D eigenvalue weighted by Gasteiger charge is -2.50. The predicted octanol–water partition coefficient (Wildman–Crippen LogP) is 3.69. The number of hydrogen-bond acceptors (Lipinski definition) is 6. The summed E-state index contributed by atoms with van der Waals surface area (Å²) >= 11 is 0. The second kappa shape index (κ2) is 6.65. The van der Waals surface area contributed by atoms with Crippen molar-refractivity contribution in [3.8, 4) is 0 Å². The maximum Gasteiger partial charge on any atom is 0.426 e. The van der Waals surface area contributed by atoms with E-state index in [1.807, 2.05) is 0 Å². The van der Waals surface area contributed by atoms with Crippen LogP contribution < -0.4 is 0 Å². The Morgan fingerprint density at radius 2 is 0.871 bits per heavy atom. The zero-order valence-corrected chi connectivity index (χ0v) is 13.9. The minimum absolute atomic E-state index is 0.396. The smallest absolute Gasteiger partial charge is 0.332 e. The van der Waals surface area contributed by atoms with Crippen LogP contribution in [-0.4, -0.2) is 65.9 Å². The molecule has 31 heavy (non-hydrogen) atoms. The van der Waals surface area contributed by atoms with E-state index in [9.17, 15) is 61.5 Å². The third kappa shape index (κ3) is 3.90. The zero-order valence-electron chi connectivity index (χ0n) is 13.9. The van der Waals surface area contributed by atoms with Gasteiger partial charge >= 0.3 is 42.3 Å². The van der Waals surface area contributed by atoms with Gasteiger partial charge in [-0.2, -0.15) is 52.7 Å². The molecule has 0 aromatic rings. The highest BCUT2D eigenvalue weighted by molar-refractivity contribution is 5.00. The Balaban J connectivity index is 2.54. The molecule has 0 aromatic carbocycles.